The summed E-state index contributed by atoms with van der Waals surface area (Å²) in [5.41, 5.74) is 0. The number of allylic oxidation sites excluding steroid dienone is 1. The molecule has 0 fully saturated rings. The molecule has 0 aliphatic rings. The molecule has 0 spiro atoms. The van der Waals surface area contributed by atoms with Gasteiger partial charge in [-0.05, 0) is 24.8 Å². The van der Waals surface area contributed by atoms with Crippen LogP contribution >= 0.6 is 0 Å². The van der Waals surface area contributed by atoms with E-state index in [4.69, 9.17) is 4.74 Å². The van der Waals surface area contributed by atoms with Crippen molar-refractivity contribution in [2.45, 2.75) is 39.2 Å². The van der Waals surface area contributed by atoms with E-state index in [9.17, 15) is 4.79 Å². The van der Waals surface area contributed by atoms with Crippen LogP contribution in [-0.2, 0) is 9.53 Å². The summed E-state index contributed by atoms with van der Waals surface area (Å²) in [7, 11) is 1.72. The van der Waals surface area contributed by atoms with Gasteiger partial charge in [-0.1, -0.05) is 26.3 Å². The summed E-state index contributed by atoms with van der Waals surface area (Å²) in [5.74, 6) is 0.689. The van der Waals surface area contributed by atoms with Gasteiger partial charge in [0.1, 0.15) is 6.29 Å². The first-order chi connectivity index (χ1) is 6.24. The summed E-state index contributed by atoms with van der Waals surface area (Å²) >= 11 is 0. The maximum absolute atomic E-state index is 10.0. The number of hydrogen-bond acceptors (Lipinski definition) is 2. The second-order valence-electron chi connectivity index (χ2n) is 3.41. The molecule has 0 rings (SSSR count). The van der Waals surface area contributed by atoms with Gasteiger partial charge in [0.15, 0.2) is 0 Å². The lowest BCUT2D eigenvalue weighted by molar-refractivity contribution is -0.104. The number of carbonyl (C=O) groups is 1. The van der Waals surface area contributed by atoms with Crippen molar-refractivity contribution in [2.24, 2.45) is 5.92 Å². The maximum atomic E-state index is 10.0. The average molecular weight is 184 g/mol. The Bertz CT molecular complexity index is 152. The van der Waals surface area contributed by atoms with Gasteiger partial charge in [-0.2, -0.15) is 0 Å². The van der Waals surface area contributed by atoms with Crippen LogP contribution in [0.3, 0.4) is 0 Å². The molecular weight excluding hydrogens is 164 g/mol. The van der Waals surface area contributed by atoms with Crippen molar-refractivity contribution >= 4 is 6.29 Å². The monoisotopic (exact) mass is 184 g/mol. The SMILES string of the molecule is CCC(C)CC(C/C=C/C=O)OC. The first-order valence-corrected chi connectivity index (χ1v) is 4.87. The molecule has 0 saturated heterocycles. The smallest absolute Gasteiger partial charge is 0.142 e. The molecule has 0 radical (unpaired) electrons. The van der Waals surface area contributed by atoms with Crippen molar-refractivity contribution in [1.82, 2.24) is 0 Å². The predicted octanol–water partition coefficient (Wildman–Crippen LogP) is 2.58. The number of hydrogen-bond donors (Lipinski definition) is 0. The molecule has 76 valence electrons. The summed E-state index contributed by atoms with van der Waals surface area (Å²) < 4.78 is 5.30. The van der Waals surface area contributed by atoms with Crippen molar-refractivity contribution in [2.75, 3.05) is 7.11 Å². The molecule has 2 nitrogen and oxygen atoms in total. The number of methoxy groups -OCH3 is 1. The molecule has 13 heavy (non-hydrogen) atoms. The molecule has 0 saturated carbocycles. The van der Waals surface area contributed by atoms with Gasteiger partial charge >= 0.3 is 0 Å². The van der Waals surface area contributed by atoms with E-state index in [1.165, 1.54) is 12.5 Å². The highest BCUT2D eigenvalue weighted by atomic mass is 16.5. The molecule has 0 amide bonds. The molecule has 2 unspecified atom stereocenters. The molecule has 2 heteroatoms. The van der Waals surface area contributed by atoms with Crippen molar-refractivity contribution < 1.29 is 9.53 Å². The van der Waals surface area contributed by atoms with Crippen LogP contribution in [0.4, 0.5) is 0 Å². The highest BCUT2D eigenvalue weighted by Gasteiger charge is 2.09. The molecular formula is C11H20O2. The van der Waals surface area contributed by atoms with Gasteiger partial charge in [-0.15, -0.1) is 0 Å². The first-order valence-electron chi connectivity index (χ1n) is 4.87. The fourth-order valence-corrected chi connectivity index (χ4v) is 1.19. The van der Waals surface area contributed by atoms with Gasteiger partial charge in [0.05, 0.1) is 6.10 Å². The Morgan fingerprint density at radius 2 is 2.15 bits per heavy atom. The predicted molar refractivity (Wildman–Crippen MR) is 54.7 cm³/mol. The third kappa shape index (κ3) is 6.52. The van der Waals surface area contributed by atoms with E-state index < -0.39 is 0 Å². The summed E-state index contributed by atoms with van der Waals surface area (Å²) in [5, 5.41) is 0. The van der Waals surface area contributed by atoms with E-state index in [1.807, 2.05) is 6.08 Å². The number of aldehydes is 1. The third-order valence-electron chi connectivity index (χ3n) is 2.31. The van der Waals surface area contributed by atoms with Crippen LogP contribution in [0.5, 0.6) is 0 Å². The zero-order valence-electron chi connectivity index (χ0n) is 8.82. The van der Waals surface area contributed by atoms with Gasteiger partial charge in [-0.3, -0.25) is 4.79 Å². The molecule has 0 N–H and O–H groups in total. The van der Waals surface area contributed by atoms with Crippen LogP contribution in [-0.4, -0.2) is 19.5 Å². The van der Waals surface area contributed by atoms with Crippen LogP contribution in [0.15, 0.2) is 12.2 Å². The summed E-state index contributed by atoms with van der Waals surface area (Å²) in [6, 6.07) is 0. The molecule has 0 aromatic rings. The zero-order chi connectivity index (χ0) is 10.1. The van der Waals surface area contributed by atoms with E-state index in [0.29, 0.717) is 5.92 Å². The largest absolute Gasteiger partial charge is 0.381 e. The average Bonchev–Trinajstić information content (AvgIpc) is 2.16. The van der Waals surface area contributed by atoms with E-state index in [2.05, 4.69) is 13.8 Å². The van der Waals surface area contributed by atoms with Crippen molar-refractivity contribution in [3.8, 4) is 0 Å². The summed E-state index contributed by atoms with van der Waals surface area (Å²) in [4.78, 5) is 10.0. The standard InChI is InChI=1S/C11H20O2/c1-4-10(2)9-11(13-3)7-5-6-8-12/h5-6,8,10-11H,4,7,9H2,1-3H3/b6-5+. The third-order valence-corrected chi connectivity index (χ3v) is 2.31. The minimum Gasteiger partial charge on any atom is -0.381 e. The maximum Gasteiger partial charge on any atom is 0.142 e. The van der Waals surface area contributed by atoms with Crippen LogP contribution in [0.1, 0.15) is 33.1 Å². The Kier molecular flexibility index (Phi) is 7.60. The Labute approximate surface area is 81.0 Å². The highest BCUT2D eigenvalue weighted by Crippen LogP contribution is 2.14. The fraction of sp³-hybridized carbons (Fsp3) is 0.727. The normalized spacial score (nSPS) is 15.9. The van der Waals surface area contributed by atoms with E-state index >= 15 is 0 Å². The Balaban J connectivity index is 3.74. The van der Waals surface area contributed by atoms with Gasteiger partial charge in [0, 0.05) is 7.11 Å². The molecule has 0 aromatic heterocycles. The Morgan fingerprint density at radius 3 is 2.62 bits per heavy atom. The number of rotatable bonds is 7. The van der Waals surface area contributed by atoms with Crippen LogP contribution in [0.25, 0.3) is 0 Å². The summed E-state index contributed by atoms with van der Waals surface area (Å²) in [6.07, 6.45) is 7.53. The quantitative estimate of drug-likeness (QED) is 0.449. The van der Waals surface area contributed by atoms with E-state index in [1.54, 1.807) is 7.11 Å². The Morgan fingerprint density at radius 1 is 1.46 bits per heavy atom. The van der Waals surface area contributed by atoms with Crippen LogP contribution in [0, 0.1) is 5.92 Å². The topological polar surface area (TPSA) is 26.3 Å². The second kappa shape index (κ2) is 7.99. The number of ether oxygens (including phenoxy) is 1. The van der Waals surface area contributed by atoms with Crippen LogP contribution in [0.2, 0.25) is 0 Å². The minimum absolute atomic E-state index is 0.256. The van der Waals surface area contributed by atoms with Crippen LogP contribution < -0.4 is 0 Å². The Hall–Kier alpha value is -0.630. The summed E-state index contributed by atoms with van der Waals surface area (Å²) in [6.45, 7) is 4.40. The molecule has 0 aromatic carbocycles. The van der Waals surface area contributed by atoms with Crippen molar-refractivity contribution in [3.63, 3.8) is 0 Å². The molecule has 0 aliphatic carbocycles. The minimum atomic E-state index is 0.256. The first kappa shape index (κ1) is 12.4. The molecule has 0 heterocycles. The van der Waals surface area contributed by atoms with E-state index in [0.717, 1.165) is 19.1 Å². The van der Waals surface area contributed by atoms with E-state index in [-0.39, 0.29) is 6.10 Å². The van der Waals surface area contributed by atoms with Crippen molar-refractivity contribution in [3.05, 3.63) is 12.2 Å². The van der Waals surface area contributed by atoms with Gasteiger partial charge in [0.25, 0.3) is 0 Å². The molecule has 0 aliphatic heterocycles. The molecule has 0 bridgehead atoms. The van der Waals surface area contributed by atoms with Gasteiger partial charge < -0.3 is 4.74 Å². The lowest BCUT2D eigenvalue weighted by Gasteiger charge is -2.16. The van der Waals surface area contributed by atoms with Crippen molar-refractivity contribution in [1.29, 1.82) is 0 Å². The lowest BCUT2D eigenvalue weighted by Crippen LogP contribution is -2.13. The highest BCUT2D eigenvalue weighted by molar-refractivity contribution is 5.64. The fourth-order valence-electron chi connectivity index (χ4n) is 1.19. The van der Waals surface area contributed by atoms with Gasteiger partial charge in [-0.25, -0.2) is 0 Å². The zero-order valence-corrected chi connectivity index (χ0v) is 8.82. The van der Waals surface area contributed by atoms with Gasteiger partial charge in [0.2, 0.25) is 0 Å². The molecule has 2 atom stereocenters. The lowest BCUT2D eigenvalue weighted by atomic mass is 9.99. The second-order valence-corrected chi connectivity index (χ2v) is 3.41. The number of carbonyl (C=O) groups excluding carboxylic acids is 1.